The van der Waals surface area contributed by atoms with Crippen molar-refractivity contribution in [2.75, 3.05) is 0 Å². The summed E-state index contributed by atoms with van der Waals surface area (Å²) in [5.41, 5.74) is 22.8. The van der Waals surface area contributed by atoms with E-state index in [2.05, 4.69) is 395 Å². The van der Waals surface area contributed by atoms with Crippen LogP contribution in [0.2, 0.25) is 0 Å². The smallest absolute Gasteiger partial charge is 0.0165 e. The number of hydrogen-bond acceptors (Lipinski definition) is 0. The first-order valence-corrected chi connectivity index (χ1v) is 46.5. The molecule has 0 atom stereocenters. The molecule has 0 saturated carbocycles. The molecule has 0 nitrogen and oxygen atoms in total. The van der Waals surface area contributed by atoms with Crippen LogP contribution in [0.4, 0.5) is 0 Å². The van der Waals surface area contributed by atoms with Crippen molar-refractivity contribution in [3.05, 3.63) is 384 Å². The summed E-state index contributed by atoms with van der Waals surface area (Å²) < 4.78 is 0. The van der Waals surface area contributed by atoms with Crippen LogP contribution in [-0.2, 0) is 21.7 Å². The SMILES string of the molecule is CC.CC.CC.CC.CC.CC.CC.CC.CC1(C)c2cc3ccccc3cc2-c2c1ccc1c2ccc2ccccc21.CC1(C)c2cc3ccccc3cc2-c2c1ccc1cc3ccccc3cc21.CC1(C)c2cc3ccccc3cc2-c2cc3cc4ccccc4cc3cc21.CC1(C)c2cc3ccccc3cc2-c2ccc3cc4ccccc4cc3c21. The standard InChI is InChI=1S/4C27H20.8C2H6/c1-27(2)24-14-13-21-20-10-6-5-7-17(20)11-12-22(21)26(24)23-15-18-8-3-4-9-19(18)16-25(23)27;1-27(2)25-15-20-10-6-5-9-19(20)13-23(25)24-14-21-11-17-7-3-4-8-18(17)12-22(21)16-26(24)27;1-27(2)24-12-11-21-13-17-7-3-4-8-18(17)14-22(21)26(24)23-15-19-9-5-6-10-20(19)16-25(23)27;1-27(2)25-16-20-10-6-5-9-19(20)15-24(25)22-12-11-21-13-17-7-3-4-8-18(17)14-23(21)26(22)27;8*1-2/h4*3-16H,1-2H3;8*1-2H3. The Bertz CT molecular complexity index is 7110. The van der Waals surface area contributed by atoms with Gasteiger partial charge in [0.2, 0.25) is 0 Å². The summed E-state index contributed by atoms with van der Waals surface area (Å²) in [6.45, 7) is 50.9. The molecule has 0 heterocycles. The zero-order chi connectivity index (χ0) is 88.7. The van der Waals surface area contributed by atoms with Gasteiger partial charge in [0.15, 0.2) is 0 Å². The number of fused-ring (bicyclic) bond motifs is 28. The Kier molecular flexibility index (Phi) is 27.1. The van der Waals surface area contributed by atoms with Gasteiger partial charge in [-0.3, -0.25) is 0 Å². The second-order valence-corrected chi connectivity index (χ2v) is 33.1. The average Bonchev–Trinajstić information content (AvgIpc) is 1.57. The molecule has 24 rings (SSSR count). The Balaban J connectivity index is 0.000000135. The quantitative estimate of drug-likeness (QED) is 0.105. The van der Waals surface area contributed by atoms with Gasteiger partial charge in [-0.05, 0) is 315 Å². The lowest BCUT2D eigenvalue weighted by Gasteiger charge is -2.23. The van der Waals surface area contributed by atoms with E-state index >= 15 is 0 Å². The number of rotatable bonds is 0. The molecule has 0 bridgehead atoms. The summed E-state index contributed by atoms with van der Waals surface area (Å²) in [6, 6.07) is 126. The van der Waals surface area contributed by atoms with E-state index in [0.717, 1.165) is 0 Å². The molecule has 0 amide bonds. The van der Waals surface area contributed by atoms with Gasteiger partial charge in [-0.25, -0.2) is 0 Å². The van der Waals surface area contributed by atoms with Crippen molar-refractivity contribution in [1.29, 1.82) is 0 Å². The maximum atomic E-state index is 2.42. The van der Waals surface area contributed by atoms with Crippen LogP contribution in [-0.4, -0.2) is 0 Å². The molecule has 0 saturated heterocycles. The molecule has 4 aliphatic rings. The predicted molar refractivity (Wildman–Crippen MR) is 557 cm³/mol. The van der Waals surface area contributed by atoms with E-state index in [1.807, 2.05) is 111 Å². The third kappa shape index (κ3) is 15.6. The Labute approximate surface area is 740 Å². The fourth-order valence-corrected chi connectivity index (χ4v) is 19.8. The minimum Gasteiger partial charge on any atom is -0.0683 e. The van der Waals surface area contributed by atoms with Crippen LogP contribution in [0.15, 0.2) is 340 Å². The van der Waals surface area contributed by atoms with E-state index < -0.39 is 0 Å². The van der Waals surface area contributed by atoms with E-state index in [9.17, 15) is 0 Å². The van der Waals surface area contributed by atoms with Crippen LogP contribution in [0, 0.1) is 0 Å². The number of hydrogen-bond donors (Lipinski definition) is 0. The third-order valence-electron chi connectivity index (χ3n) is 25.5. The van der Waals surface area contributed by atoms with Gasteiger partial charge in [0, 0.05) is 21.7 Å². The van der Waals surface area contributed by atoms with Gasteiger partial charge in [-0.15, -0.1) is 0 Å². The fourth-order valence-electron chi connectivity index (χ4n) is 19.8. The Morgan fingerprint density at radius 2 is 0.363 bits per heavy atom. The summed E-state index contributed by atoms with van der Waals surface area (Å²) in [4.78, 5) is 0. The molecule has 624 valence electrons. The Hall–Kier alpha value is -12.5. The summed E-state index contributed by atoms with van der Waals surface area (Å²) in [5, 5.41) is 31.9. The molecule has 0 unspecified atom stereocenters. The van der Waals surface area contributed by atoms with Crippen molar-refractivity contribution in [3.63, 3.8) is 0 Å². The van der Waals surface area contributed by atoms with Crippen molar-refractivity contribution in [1.82, 2.24) is 0 Å². The average molecular weight is 1620 g/mol. The van der Waals surface area contributed by atoms with Gasteiger partial charge in [0.25, 0.3) is 0 Å². The summed E-state index contributed by atoms with van der Waals surface area (Å²) in [5.74, 6) is 0. The minimum absolute atomic E-state index is 0.00331. The van der Waals surface area contributed by atoms with Crippen LogP contribution in [0.1, 0.15) is 211 Å². The lowest BCUT2D eigenvalue weighted by Crippen LogP contribution is -2.15. The highest BCUT2D eigenvalue weighted by molar-refractivity contribution is 6.16. The molecule has 20 aromatic rings. The molecule has 0 heteroatoms. The van der Waals surface area contributed by atoms with Gasteiger partial charge < -0.3 is 0 Å². The van der Waals surface area contributed by atoms with Gasteiger partial charge in [0.05, 0.1) is 0 Å². The first-order valence-electron chi connectivity index (χ1n) is 46.5. The molecule has 0 N–H and O–H groups in total. The van der Waals surface area contributed by atoms with Crippen molar-refractivity contribution >= 4 is 129 Å². The summed E-state index contributed by atoms with van der Waals surface area (Å²) >= 11 is 0. The Morgan fingerprint density at radius 1 is 0.129 bits per heavy atom. The maximum absolute atomic E-state index is 2.42. The van der Waals surface area contributed by atoms with E-state index in [1.54, 1.807) is 0 Å². The Morgan fingerprint density at radius 3 is 0.766 bits per heavy atom. The van der Waals surface area contributed by atoms with E-state index in [0.29, 0.717) is 0 Å². The molecular formula is C124H128. The van der Waals surface area contributed by atoms with Crippen LogP contribution in [0.3, 0.4) is 0 Å². The molecule has 0 aliphatic heterocycles. The van der Waals surface area contributed by atoms with Gasteiger partial charge in [-0.1, -0.05) is 409 Å². The molecule has 20 aromatic carbocycles. The van der Waals surface area contributed by atoms with Crippen LogP contribution in [0.5, 0.6) is 0 Å². The van der Waals surface area contributed by atoms with E-state index in [1.165, 1.54) is 218 Å². The zero-order valence-electron chi connectivity index (χ0n) is 78.3. The van der Waals surface area contributed by atoms with Crippen LogP contribution >= 0.6 is 0 Å². The zero-order valence-corrected chi connectivity index (χ0v) is 78.3. The normalized spacial score (nSPS) is 13.1. The first kappa shape index (κ1) is 89.3. The van der Waals surface area contributed by atoms with Gasteiger partial charge >= 0.3 is 0 Å². The number of benzene rings is 20. The van der Waals surface area contributed by atoms with Crippen LogP contribution in [0.25, 0.3) is 174 Å². The van der Waals surface area contributed by atoms with E-state index in [4.69, 9.17) is 0 Å². The predicted octanol–water partition coefficient (Wildman–Crippen LogP) is 38.0. The summed E-state index contributed by atoms with van der Waals surface area (Å²) in [7, 11) is 0. The monoisotopic (exact) mass is 1620 g/mol. The molecule has 0 spiro atoms. The second-order valence-electron chi connectivity index (χ2n) is 33.1. The second kappa shape index (κ2) is 37.7. The van der Waals surface area contributed by atoms with Crippen molar-refractivity contribution < 1.29 is 0 Å². The lowest BCUT2D eigenvalue weighted by molar-refractivity contribution is 0.661. The first-order chi connectivity index (χ1) is 60.5. The minimum atomic E-state index is -0.00331. The highest BCUT2D eigenvalue weighted by Crippen LogP contribution is 2.57. The highest BCUT2D eigenvalue weighted by atomic mass is 14.4. The van der Waals surface area contributed by atoms with Crippen molar-refractivity contribution in [2.24, 2.45) is 0 Å². The summed E-state index contributed by atoms with van der Waals surface area (Å²) in [6.07, 6.45) is 0. The largest absolute Gasteiger partial charge is 0.0683 e. The fraction of sp³-hybridized carbons (Fsp3) is 0.226. The maximum Gasteiger partial charge on any atom is 0.0165 e. The van der Waals surface area contributed by atoms with Crippen LogP contribution < -0.4 is 0 Å². The van der Waals surface area contributed by atoms with Gasteiger partial charge in [0.1, 0.15) is 0 Å². The molecule has 0 aromatic heterocycles. The molecule has 0 radical (unpaired) electrons. The van der Waals surface area contributed by atoms with E-state index in [-0.39, 0.29) is 21.7 Å². The molecular weight excluding hydrogens is 1490 g/mol. The third-order valence-corrected chi connectivity index (χ3v) is 25.5. The van der Waals surface area contributed by atoms with Crippen molar-refractivity contribution in [2.45, 2.75) is 188 Å². The highest BCUT2D eigenvalue weighted by Gasteiger charge is 2.41. The molecule has 4 aliphatic carbocycles. The lowest BCUT2D eigenvalue weighted by atomic mass is 9.79. The van der Waals surface area contributed by atoms with Crippen molar-refractivity contribution in [3.8, 4) is 44.5 Å². The molecule has 0 fully saturated rings. The topological polar surface area (TPSA) is 0 Å². The molecule has 124 heavy (non-hydrogen) atoms. The van der Waals surface area contributed by atoms with Gasteiger partial charge in [-0.2, -0.15) is 0 Å².